The number of amides is 2. The molecule has 0 aliphatic carbocycles. The highest BCUT2D eigenvalue weighted by atomic mass is 16.5. The number of anilines is 1. The zero-order valence-corrected chi connectivity index (χ0v) is 16.7. The second-order valence-electron chi connectivity index (χ2n) is 7.80. The zero-order chi connectivity index (χ0) is 20.4. The summed E-state index contributed by atoms with van der Waals surface area (Å²) in [4.78, 5) is 30.3. The van der Waals surface area contributed by atoms with Crippen molar-refractivity contribution in [3.63, 3.8) is 0 Å². The summed E-state index contributed by atoms with van der Waals surface area (Å²) in [6.07, 6.45) is 3.87. The van der Waals surface area contributed by atoms with Gasteiger partial charge in [0, 0.05) is 24.6 Å². The normalized spacial score (nSPS) is 25.3. The monoisotopic (exact) mass is 394 g/mol. The first kappa shape index (κ1) is 19.4. The van der Waals surface area contributed by atoms with E-state index in [1.807, 2.05) is 0 Å². The number of ether oxygens (including phenoxy) is 1. The molecule has 2 aromatic rings. The number of carbonyl (C=O) groups excluding carboxylic acids is 2. The maximum absolute atomic E-state index is 12.7. The van der Waals surface area contributed by atoms with Gasteiger partial charge in [0.05, 0.1) is 6.20 Å². The Morgan fingerprint density at radius 3 is 2.34 bits per heavy atom. The van der Waals surface area contributed by atoms with Crippen molar-refractivity contribution in [3.05, 3.63) is 48.2 Å². The molecule has 4 heterocycles. The summed E-state index contributed by atoms with van der Waals surface area (Å²) < 4.78 is 5.77. The predicted molar refractivity (Wildman–Crippen MR) is 110 cm³/mol. The van der Waals surface area contributed by atoms with E-state index in [0.717, 1.165) is 25.9 Å². The van der Waals surface area contributed by atoms with E-state index in [1.54, 1.807) is 42.6 Å². The van der Waals surface area contributed by atoms with E-state index in [4.69, 9.17) is 4.74 Å². The fourth-order valence-corrected chi connectivity index (χ4v) is 4.29. The number of benzene rings is 1. The first-order chi connectivity index (χ1) is 14.0. The lowest BCUT2D eigenvalue weighted by atomic mass is 9.79. The Kier molecular flexibility index (Phi) is 5.49. The van der Waals surface area contributed by atoms with Crippen molar-refractivity contribution < 1.29 is 14.3 Å². The molecule has 7 heteroatoms. The van der Waals surface area contributed by atoms with Gasteiger partial charge in [-0.3, -0.25) is 14.5 Å². The average Bonchev–Trinajstić information content (AvgIpc) is 2.72. The number of hydrogen-bond acceptors (Lipinski definition) is 5. The van der Waals surface area contributed by atoms with Crippen molar-refractivity contribution in [1.29, 1.82) is 0 Å². The van der Waals surface area contributed by atoms with Crippen molar-refractivity contribution in [3.8, 4) is 11.5 Å². The van der Waals surface area contributed by atoms with Gasteiger partial charge in [-0.1, -0.05) is 0 Å². The van der Waals surface area contributed by atoms with Gasteiger partial charge in [-0.15, -0.1) is 0 Å². The lowest BCUT2D eigenvalue weighted by Gasteiger charge is -2.49. The van der Waals surface area contributed by atoms with E-state index in [9.17, 15) is 9.59 Å². The highest BCUT2D eigenvalue weighted by molar-refractivity contribution is 5.94. The molecule has 2 N–H and O–H groups in total. The molecule has 3 saturated heterocycles. The van der Waals surface area contributed by atoms with Crippen LogP contribution in [-0.4, -0.2) is 46.9 Å². The van der Waals surface area contributed by atoms with Crippen molar-refractivity contribution >= 4 is 17.6 Å². The lowest BCUT2D eigenvalue weighted by Crippen LogP contribution is -2.62. The standard InChI is InChI=1S/C22H26N4O3/c1-14-21(16-9-11-26(14)12-10-16)25-22(28)17-3-5-18(6-4-17)29-19-7-8-20(23-13-19)24-15(2)27/h3-8,13-14,16,21H,9-12H2,1-2H3,(H,25,28)(H,23,24,27). The molecule has 3 aliphatic rings. The van der Waals surface area contributed by atoms with Crippen LogP contribution in [0.4, 0.5) is 5.82 Å². The summed E-state index contributed by atoms with van der Waals surface area (Å²) in [5.41, 5.74) is 0.625. The van der Waals surface area contributed by atoms with E-state index in [1.165, 1.54) is 6.92 Å². The van der Waals surface area contributed by atoms with Crippen molar-refractivity contribution in [2.75, 3.05) is 18.4 Å². The smallest absolute Gasteiger partial charge is 0.251 e. The third kappa shape index (κ3) is 4.40. The van der Waals surface area contributed by atoms with Crippen LogP contribution in [0, 0.1) is 5.92 Å². The van der Waals surface area contributed by atoms with Crippen LogP contribution in [0.25, 0.3) is 0 Å². The first-order valence-corrected chi connectivity index (χ1v) is 10.1. The Hall–Kier alpha value is -2.93. The van der Waals surface area contributed by atoms with Gasteiger partial charge in [-0.05, 0) is 75.2 Å². The topological polar surface area (TPSA) is 83.6 Å². The Labute approximate surface area is 170 Å². The SMILES string of the molecule is CC(=O)Nc1ccc(Oc2ccc(C(=O)NC3C4CCN(CC4)C3C)cc2)cn1. The molecule has 1 aromatic carbocycles. The van der Waals surface area contributed by atoms with Crippen LogP contribution < -0.4 is 15.4 Å². The van der Waals surface area contributed by atoms with Crippen LogP contribution in [0.15, 0.2) is 42.6 Å². The molecule has 29 heavy (non-hydrogen) atoms. The van der Waals surface area contributed by atoms with Gasteiger partial charge in [0.25, 0.3) is 5.91 Å². The number of aromatic nitrogens is 1. The van der Waals surface area contributed by atoms with Crippen molar-refractivity contribution in [2.24, 2.45) is 5.92 Å². The van der Waals surface area contributed by atoms with Gasteiger partial charge in [0.2, 0.25) is 5.91 Å². The van der Waals surface area contributed by atoms with E-state index in [2.05, 4.69) is 27.4 Å². The largest absolute Gasteiger partial charge is 0.456 e. The number of fused-ring (bicyclic) bond motifs is 3. The summed E-state index contributed by atoms with van der Waals surface area (Å²) >= 11 is 0. The second-order valence-corrected chi connectivity index (χ2v) is 7.80. The molecule has 2 bridgehead atoms. The van der Waals surface area contributed by atoms with Gasteiger partial charge in [0.15, 0.2) is 0 Å². The van der Waals surface area contributed by atoms with E-state index in [0.29, 0.717) is 34.8 Å². The molecule has 2 unspecified atom stereocenters. The minimum absolute atomic E-state index is 0.0384. The number of carbonyl (C=O) groups is 2. The molecule has 2 amide bonds. The average molecular weight is 394 g/mol. The van der Waals surface area contributed by atoms with Gasteiger partial charge in [-0.2, -0.15) is 0 Å². The summed E-state index contributed by atoms with van der Waals surface area (Å²) in [6, 6.07) is 11.1. The van der Waals surface area contributed by atoms with Crippen LogP contribution in [0.5, 0.6) is 11.5 Å². The maximum atomic E-state index is 12.7. The van der Waals surface area contributed by atoms with E-state index in [-0.39, 0.29) is 17.9 Å². The predicted octanol–water partition coefficient (Wildman–Crippen LogP) is 3.04. The number of hydrogen-bond donors (Lipinski definition) is 2. The molecular formula is C22H26N4O3. The molecule has 1 aromatic heterocycles. The summed E-state index contributed by atoms with van der Waals surface area (Å²) in [6.45, 7) is 5.93. The van der Waals surface area contributed by atoms with Crippen molar-refractivity contribution in [1.82, 2.24) is 15.2 Å². The molecule has 5 rings (SSSR count). The quantitative estimate of drug-likeness (QED) is 0.814. The second kappa shape index (κ2) is 8.21. The number of rotatable bonds is 5. The third-order valence-electron chi connectivity index (χ3n) is 5.87. The van der Waals surface area contributed by atoms with Crippen LogP contribution in [-0.2, 0) is 4.79 Å². The molecular weight excluding hydrogens is 368 g/mol. The van der Waals surface area contributed by atoms with Gasteiger partial charge in [0.1, 0.15) is 17.3 Å². The number of pyridine rings is 1. The molecule has 0 spiro atoms. The lowest BCUT2D eigenvalue weighted by molar-refractivity contribution is -0.114. The minimum atomic E-state index is -0.173. The Morgan fingerprint density at radius 1 is 1.07 bits per heavy atom. The molecule has 7 nitrogen and oxygen atoms in total. The third-order valence-corrected chi connectivity index (χ3v) is 5.87. The first-order valence-electron chi connectivity index (χ1n) is 10.1. The number of nitrogens with zero attached hydrogens (tertiary/aromatic N) is 2. The molecule has 2 atom stereocenters. The van der Waals surface area contributed by atoms with Crippen LogP contribution in [0.2, 0.25) is 0 Å². The molecule has 0 saturated carbocycles. The van der Waals surface area contributed by atoms with E-state index < -0.39 is 0 Å². The van der Waals surface area contributed by atoms with E-state index >= 15 is 0 Å². The molecule has 3 fully saturated rings. The number of nitrogens with one attached hydrogen (secondary N) is 2. The molecule has 152 valence electrons. The number of piperidine rings is 3. The van der Waals surface area contributed by atoms with Crippen LogP contribution in [0.1, 0.15) is 37.0 Å². The summed E-state index contributed by atoms with van der Waals surface area (Å²) in [5.74, 6) is 2.01. The van der Waals surface area contributed by atoms with Gasteiger partial charge in [-0.25, -0.2) is 4.98 Å². The minimum Gasteiger partial charge on any atom is -0.456 e. The Balaban J connectivity index is 1.36. The Morgan fingerprint density at radius 2 is 1.76 bits per heavy atom. The maximum Gasteiger partial charge on any atom is 0.251 e. The fourth-order valence-electron chi connectivity index (χ4n) is 4.29. The Bertz CT molecular complexity index is 872. The molecule has 3 aliphatic heterocycles. The van der Waals surface area contributed by atoms with Gasteiger partial charge >= 0.3 is 0 Å². The highest BCUT2D eigenvalue weighted by Crippen LogP contribution is 2.32. The fraction of sp³-hybridized carbons (Fsp3) is 0.409. The summed E-state index contributed by atoms with van der Waals surface area (Å²) in [5, 5.41) is 5.85. The summed E-state index contributed by atoms with van der Waals surface area (Å²) in [7, 11) is 0. The zero-order valence-electron chi connectivity index (χ0n) is 16.7. The van der Waals surface area contributed by atoms with Crippen molar-refractivity contribution in [2.45, 2.75) is 38.8 Å². The van der Waals surface area contributed by atoms with Gasteiger partial charge < -0.3 is 15.4 Å². The van der Waals surface area contributed by atoms with Crippen LogP contribution >= 0.6 is 0 Å². The molecule has 0 radical (unpaired) electrons. The van der Waals surface area contributed by atoms with Crippen LogP contribution in [0.3, 0.4) is 0 Å². The highest BCUT2D eigenvalue weighted by Gasteiger charge is 2.40.